The van der Waals surface area contributed by atoms with E-state index in [1.54, 1.807) is 0 Å². The van der Waals surface area contributed by atoms with E-state index < -0.39 is 0 Å². The summed E-state index contributed by atoms with van der Waals surface area (Å²) >= 11 is 6.78. The summed E-state index contributed by atoms with van der Waals surface area (Å²) in [5.74, 6) is 1.93. The molecule has 0 fully saturated rings. The first kappa shape index (κ1) is 25.3. The third-order valence-corrected chi connectivity index (χ3v) is 8.28. The Morgan fingerprint density at radius 3 is 1.40 bits per heavy atom. The first-order valence-corrected chi connectivity index (χ1v) is 14.6. The normalized spacial score (nSPS) is 11.4. The Kier molecular flexibility index (Phi) is 6.17. The van der Waals surface area contributed by atoms with Gasteiger partial charge in [-0.1, -0.05) is 139 Å². The number of hydrogen-bond acceptors (Lipinski definition) is 3. The minimum Gasteiger partial charge on any atom is -0.208 e. The highest BCUT2D eigenvalue weighted by atomic mass is 35.5. The van der Waals surface area contributed by atoms with Gasteiger partial charge in [-0.05, 0) is 56.3 Å². The van der Waals surface area contributed by atoms with Gasteiger partial charge in [-0.3, -0.25) is 0 Å². The monoisotopic (exact) mass is 569 g/mol. The zero-order valence-electron chi connectivity index (χ0n) is 23.1. The SMILES string of the molecule is Clc1cc2c3ccccc3c(-c3cccc(-c4nc(-c5ccccc5)nc(-c5ccccc5)n4)c3)cc2c2ccccc12. The van der Waals surface area contributed by atoms with Crippen LogP contribution in [0.15, 0.2) is 146 Å². The Morgan fingerprint density at radius 1 is 0.326 bits per heavy atom. The van der Waals surface area contributed by atoms with Crippen molar-refractivity contribution in [3.63, 3.8) is 0 Å². The van der Waals surface area contributed by atoms with Crippen molar-refractivity contribution >= 4 is 43.9 Å². The minimum atomic E-state index is 0.636. The van der Waals surface area contributed by atoms with E-state index in [1.165, 1.54) is 16.2 Å². The lowest BCUT2D eigenvalue weighted by Gasteiger charge is -2.15. The molecule has 0 atom stereocenters. The summed E-state index contributed by atoms with van der Waals surface area (Å²) in [6.45, 7) is 0. The fraction of sp³-hybridized carbons (Fsp3) is 0. The van der Waals surface area contributed by atoms with Crippen LogP contribution in [0.2, 0.25) is 5.02 Å². The molecule has 3 nitrogen and oxygen atoms in total. The van der Waals surface area contributed by atoms with Crippen molar-refractivity contribution in [3.05, 3.63) is 151 Å². The molecule has 1 aromatic heterocycles. The second kappa shape index (κ2) is 10.5. The van der Waals surface area contributed by atoms with Gasteiger partial charge in [0.05, 0.1) is 0 Å². The summed E-state index contributed by atoms with van der Waals surface area (Å²) in [7, 11) is 0. The average molecular weight is 570 g/mol. The molecule has 0 N–H and O–H groups in total. The molecule has 0 aliphatic rings. The smallest absolute Gasteiger partial charge is 0.164 e. The fourth-order valence-electron chi connectivity index (χ4n) is 5.91. The summed E-state index contributed by atoms with van der Waals surface area (Å²) in [5, 5.41) is 7.63. The van der Waals surface area contributed by atoms with Crippen LogP contribution < -0.4 is 0 Å². The molecule has 0 bridgehead atoms. The summed E-state index contributed by atoms with van der Waals surface area (Å²) in [4.78, 5) is 14.8. The van der Waals surface area contributed by atoms with E-state index in [4.69, 9.17) is 26.6 Å². The van der Waals surface area contributed by atoms with Gasteiger partial charge in [-0.25, -0.2) is 15.0 Å². The maximum Gasteiger partial charge on any atom is 0.164 e. The van der Waals surface area contributed by atoms with E-state index in [2.05, 4.69) is 78.9 Å². The molecule has 0 unspecified atom stereocenters. The second-order valence-electron chi connectivity index (χ2n) is 10.6. The van der Waals surface area contributed by atoms with E-state index in [1.807, 2.05) is 66.7 Å². The van der Waals surface area contributed by atoms with E-state index in [9.17, 15) is 0 Å². The number of hydrogen-bond donors (Lipinski definition) is 0. The van der Waals surface area contributed by atoms with Crippen LogP contribution in [0.3, 0.4) is 0 Å². The Hall–Kier alpha value is -5.38. The van der Waals surface area contributed by atoms with Crippen LogP contribution in [0.5, 0.6) is 0 Å². The molecule has 0 saturated heterocycles. The fourth-order valence-corrected chi connectivity index (χ4v) is 6.18. The lowest BCUT2D eigenvalue weighted by Crippen LogP contribution is -2.00. The molecule has 7 aromatic carbocycles. The van der Waals surface area contributed by atoms with Crippen LogP contribution in [-0.4, -0.2) is 15.0 Å². The standard InChI is InChI=1S/C39H24ClN3/c40-36-24-35-30-19-8-7-18-29(30)33(23-34(35)31-20-9-10-21-32(31)36)27-16-11-17-28(22-27)39-42-37(25-12-3-1-4-13-25)41-38(43-39)26-14-5-2-6-15-26/h1-24H. The van der Waals surface area contributed by atoms with Crippen LogP contribution in [0.25, 0.3) is 77.6 Å². The molecule has 0 spiro atoms. The van der Waals surface area contributed by atoms with Gasteiger partial charge < -0.3 is 0 Å². The molecule has 0 saturated carbocycles. The highest BCUT2D eigenvalue weighted by Gasteiger charge is 2.15. The molecule has 43 heavy (non-hydrogen) atoms. The van der Waals surface area contributed by atoms with E-state index in [0.717, 1.165) is 49.0 Å². The van der Waals surface area contributed by atoms with Gasteiger partial charge in [0.2, 0.25) is 0 Å². The van der Waals surface area contributed by atoms with E-state index in [0.29, 0.717) is 17.5 Å². The molecule has 8 aromatic rings. The maximum atomic E-state index is 6.78. The van der Waals surface area contributed by atoms with Gasteiger partial charge in [0.25, 0.3) is 0 Å². The van der Waals surface area contributed by atoms with E-state index >= 15 is 0 Å². The van der Waals surface area contributed by atoms with Gasteiger partial charge in [0, 0.05) is 27.1 Å². The Balaban J connectivity index is 1.35. The zero-order chi connectivity index (χ0) is 28.8. The first-order chi connectivity index (χ1) is 21.2. The van der Waals surface area contributed by atoms with Crippen molar-refractivity contribution < 1.29 is 0 Å². The molecule has 0 amide bonds. The van der Waals surface area contributed by atoms with Crippen molar-refractivity contribution in [3.8, 4) is 45.3 Å². The van der Waals surface area contributed by atoms with Crippen molar-refractivity contribution in [2.75, 3.05) is 0 Å². The molecular formula is C39H24ClN3. The number of benzene rings is 7. The molecule has 1 heterocycles. The van der Waals surface area contributed by atoms with Crippen molar-refractivity contribution in [1.82, 2.24) is 15.0 Å². The summed E-state index contributed by atoms with van der Waals surface area (Å²) < 4.78 is 0. The molecule has 8 rings (SSSR count). The third kappa shape index (κ3) is 4.51. The van der Waals surface area contributed by atoms with Crippen molar-refractivity contribution in [2.45, 2.75) is 0 Å². The van der Waals surface area contributed by atoms with Gasteiger partial charge in [-0.15, -0.1) is 0 Å². The predicted molar refractivity (Wildman–Crippen MR) is 179 cm³/mol. The Bertz CT molecular complexity index is 2240. The number of nitrogens with zero attached hydrogens (tertiary/aromatic N) is 3. The van der Waals surface area contributed by atoms with Gasteiger partial charge in [0.15, 0.2) is 17.5 Å². The minimum absolute atomic E-state index is 0.636. The molecule has 202 valence electrons. The number of fused-ring (bicyclic) bond motifs is 5. The van der Waals surface area contributed by atoms with Gasteiger partial charge in [-0.2, -0.15) is 0 Å². The predicted octanol–water partition coefficient (Wildman–Crippen LogP) is 10.7. The van der Waals surface area contributed by atoms with Crippen LogP contribution in [0, 0.1) is 0 Å². The number of halogens is 1. The summed E-state index contributed by atoms with van der Waals surface area (Å²) in [6, 6.07) is 49.9. The zero-order valence-corrected chi connectivity index (χ0v) is 23.8. The molecule has 0 radical (unpaired) electrons. The Labute approximate surface area is 254 Å². The average Bonchev–Trinajstić information content (AvgIpc) is 3.09. The maximum absolute atomic E-state index is 6.78. The quantitative estimate of drug-likeness (QED) is 0.198. The number of aromatic nitrogens is 3. The van der Waals surface area contributed by atoms with Gasteiger partial charge >= 0.3 is 0 Å². The lowest BCUT2D eigenvalue weighted by molar-refractivity contribution is 1.07. The molecule has 0 aliphatic carbocycles. The molecule has 4 heteroatoms. The van der Waals surface area contributed by atoms with E-state index in [-0.39, 0.29) is 0 Å². The number of rotatable bonds is 4. The van der Waals surface area contributed by atoms with Crippen LogP contribution in [-0.2, 0) is 0 Å². The molecule has 0 aliphatic heterocycles. The van der Waals surface area contributed by atoms with Gasteiger partial charge in [0.1, 0.15) is 0 Å². The second-order valence-corrected chi connectivity index (χ2v) is 11.0. The highest BCUT2D eigenvalue weighted by molar-refractivity contribution is 6.38. The summed E-state index contributed by atoms with van der Waals surface area (Å²) in [5.41, 5.74) is 5.08. The largest absolute Gasteiger partial charge is 0.208 e. The third-order valence-electron chi connectivity index (χ3n) is 7.96. The summed E-state index contributed by atoms with van der Waals surface area (Å²) in [6.07, 6.45) is 0. The topological polar surface area (TPSA) is 38.7 Å². The van der Waals surface area contributed by atoms with Crippen LogP contribution in [0.4, 0.5) is 0 Å². The molecular weight excluding hydrogens is 546 g/mol. The van der Waals surface area contributed by atoms with Crippen LogP contribution in [0.1, 0.15) is 0 Å². The van der Waals surface area contributed by atoms with Crippen molar-refractivity contribution in [1.29, 1.82) is 0 Å². The highest BCUT2D eigenvalue weighted by Crippen LogP contribution is 2.41. The van der Waals surface area contributed by atoms with Crippen LogP contribution >= 0.6 is 11.6 Å². The first-order valence-electron chi connectivity index (χ1n) is 14.2. The Morgan fingerprint density at radius 2 is 0.767 bits per heavy atom. The van der Waals surface area contributed by atoms with Crippen molar-refractivity contribution in [2.24, 2.45) is 0 Å². The lowest BCUT2D eigenvalue weighted by atomic mass is 9.90.